The summed E-state index contributed by atoms with van der Waals surface area (Å²) in [7, 11) is 0. The summed E-state index contributed by atoms with van der Waals surface area (Å²) < 4.78 is 9.65. The summed E-state index contributed by atoms with van der Waals surface area (Å²) in [4.78, 5) is 22.6. The van der Waals surface area contributed by atoms with Gasteiger partial charge in [0.05, 0.1) is 6.61 Å². The molecule has 0 aliphatic heterocycles. The summed E-state index contributed by atoms with van der Waals surface area (Å²) >= 11 is 0. The van der Waals surface area contributed by atoms with Crippen molar-refractivity contribution in [2.45, 2.75) is 32.5 Å². The molecule has 0 saturated heterocycles. The van der Waals surface area contributed by atoms with Crippen LogP contribution in [0.4, 0.5) is 0 Å². The SMILES string of the molecule is CC(O)C(=O)OC(C)C(=O)OCCc1ccc(O)cc1. The lowest BCUT2D eigenvalue weighted by atomic mass is 10.1. The van der Waals surface area contributed by atoms with Gasteiger partial charge in [-0.25, -0.2) is 9.59 Å². The van der Waals surface area contributed by atoms with Crippen LogP contribution >= 0.6 is 0 Å². The molecule has 1 aromatic rings. The minimum absolute atomic E-state index is 0.139. The number of esters is 2. The van der Waals surface area contributed by atoms with E-state index in [0.717, 1.165) is 5.56 Å². The molecule has 20 heavy (non-hydrogen) atoms. The van der Waals surface area contributed by atoms with Gasteiger partial charge < -0.3 is 19.7 Å². The third-order valence-electron chi connectivity index (χ3n) is 2.54. The molecule has 0 spiro atoms. The van der Waals surface area contributed by atoms with Gasteiger partial charge in [-0.3, -0.25) is 0 Å². The molecule has 1 rings (SSSR count). The van der Waals surface area contributed by atoms with Crippen LogP contribution < -0.4 is 0 Å². The van der Waals surface area contributed by atoms with Crippen LogP contribution in [0, 0.1) is 0 Å². The average Bonchev–Trinajstić information content (AvgIpc) is 2.40. The van der Waals surface area contributed by atoms with E-state index in [0.29, 0.717) is 6.42 Å². The first-order valence-electron chi connectivity index (χ1n) is 6.23. The predicted octanol–water partition coefficient (Wildman–Crippen LogP) is 0.790. The lowest BCUT2D eigenvalue weighted by Gasteiger charge is -2.13. The quantitative estimate of drug-likeness (QED) is 0.749. The number of aliphatic hydroxyl groups is 1. The topological polar surface area (TPSA) is 93.1 Å². The van der Waals surface area contributed by atoms with Crippen molar-refractivity contribution < 1.29 is 29.3 Å². The van der Waals surface area contributed by atoms with Gasteiger partial charge in [0, 0.05) is 6.42 Å². The first-order valence-corrected chi connectivity index (χ1v) is 6.23. The number of carbonyl (C=O) groups excluding carboxylic acids is 2. The number of aliphatic hydroxyl groups excluding tert-OH is 1. The summed E-state index contributed by atoms with van der Waals surface area (Å²) in [5, 5.41) is 18.1. The molecule has 6 nitrogen and oxygen atoms in total. The molecule has 0 aliphatic carbocycles. The van der Waals surface area contributed by atoms with Gasteiger partial charge in [-0.2, -0.15) is 0 Å². The van der Waals surface area contributed by atoms with Gasteiger partial charge in [-0.1, -0.05) is 12.1 Å². The molecular weight excluding hydrogens is 264 g/mol. The molecular formula is C14H18O6. The van der Waals surface area contributed by atoms with E-state index in [2.05, 4.69) is 0 Å². The Balaban J connectivity index is 2.32. The van der Waals surface area contributed by atoms with Crippen molar-refractivity contribution in [3.8, 4) is 5.75 Å². The Kier molecular flexibility index (Phi) is 5.99. The summed E-state index contributed by atoms with van der Waals surface area (Å²) in [6, 6.07) is 6.54. The van der Waals surface area contributed by atoms with Crippen molar-refractivity contribution >= 4 is 11.9 Å². The lowest BCUT2D eigenvalue weighted by Crippen LogP contribution is -2.31. The van der Waals surface area contributed by atoms with Crippen molar-refractivity contribution in [3.63, 3.8) is 0 Å². The highest BCUT2D eigenvalue weighted by Crippen LogP contribution is 2.10. The number of benzene rings is 1. The lowest BCUT2D eigenvalue weighted by molar-refractivity contribution is -0.171. The number of hydrogen-bond donors (Lipinski definition) is 2. The fourth-order valence-corrected chi connectivity index (χ4v) is 1.37. The molecule has 0 fully saturated rings. The highest BCUT2D eigenvalue weighted by molar-refractivity contribution is 5.80. The number of rotatable bonds is 6. The minimum Gasteiger partial charge on any atom is -0.508 e. The molecule has 0 radical (unpaired) electrons. The van der Waals surface area contributed by atoms with Crippen molar-refractivity contribution in [2.75, 3.05) is 6.61 Å². The molecule has 2 atom stereocenters. The van der Waals surface area contributed by atoms with Gasteiger partial charge in [0.2, 0.25) is 0 Å². The molecule has 0 bridgehead atoms. The monoisotopic (exact) mass is 282 g/mol. The number of ether oxygens (including phenoxy) is 2. The van der Waals surface area contributed by atoms with Crippen molar-refractivity contribution in [1.29, 1.82) is 0 Å². The van der Waals surface area contributed by atoms with Crippen LogP contribution in [0.5, 0.6) is 5.75 Å². The zero-order chi connectivity index (χ0) is 15.1. The van der Waals surface area contributed by atoms with Crippen molar-refractivity contribution in [3.05, 3.63) is 29.8 Å². The third-order valence-corrected chi connectivity index (χ3v) is 2.54. The maximum atomic E-state index is 11.5. The van der Waals surface area contributed by atoms with E-state index in [1.165, 1.54) is 13.8 Å². The Morgan fingerprint density at radius 2 is 1.75 bits per heavy atom. The van der Waals surface area contributed by atoms with E-state index in [1.54, 1.807) is 24.3 Å². The maximum absolute atomic E-state index is 11.5. The van der Waals surface area contributed by atoms with Gasteiger partial charge in [0.15, 0.2) is 6.10 Å². The van der Waals surface area contributed by atoms with Gasteiger partial charge in [0.25, 0.3) is 0 Å². The van der Waals surface area contributed by atoms with Crippen LogP contribution in [0.2, 0.25) is 0 Å². The van der Waals surface area contributed by atoms with Crippen LogP contribution in [0.1, 0.15) is 19.4 Å². The molecule has 0 aliphatic rings. The summed E-state index contributed by atoms with van der Waals surface area (Å²) in [6.07, 6.45) is -1.84. The highest BCUT2D eigenvalue weighted by atomic mass is 16.6. The predicted molar refractivity (Wildman–Crippen MR) is 70.0 cm³/mol. The Morgan fingerprint density at radius 1 is 1.15 bits per heavy atom. The van der Waals surface area contributed by atoms with E-state index in [9.17, 15) is 9.59 Å². The molecule has 0 amide bonds. The first kappa shape index (κ1) is 16.0. The van der Waals surface area contributed by atoms with Crippen LogP contribution in [0.3, 0.4) is 0 Å². The molecule has 2 N–H and O–H groups in total. The molecule has 6 heteroatoms. The molecule has 0 heterocycles. The highest BCUT2D eigenvalue weighted by Gasteiger charge is 2.21. The number of phenolic OH excluding ortho intramolecular Hbond substituents is 1. The zero-order valence-electron chi connectivity index (χ0n) is 11.4. The summed E-state index contributed by atoms with van der Waals surface area (Å²) in [5.41, 5.74) is 0.907. The summed E-state index contributed by atoms with van der Waals surface area (Å²) in [6.45, 7) is 2.77. The Hall–Kier alpha value is -2.08. The minimum atomic E-state index is -1.28. The second-order valence-electron chi connectivity index (χ2n) is 4.34. The van der Waals surface area contributed by atoms with Crippen molar-refractivity contribution in [2.24, 2.45) is 0 Å². The standard InChI is InChI=1S/C14H18O6/c1-9(15)13(17)20-10(2)14(18)19-8-7-11-3-5-12(16)6-4-11/h3-6,9-10,15-16H,7-8H2,1-2H3. The second-order valence-corrected chi connectivity index (χ2v) is 4.34. The number of hydrogen-bond acceptors (Lipinski definition) is 6. The van der Waals surface area contributed by atoms with Gasteiger partial charge in [-0.15, -0.1) is 0 Å². The van der Waals surface area contributed by atoms with Crippen LogP contribution in [-0.4, -0.2) is 41.0 Å². The Labute approximate surface area is 116 Å². The van der Waals surface area contributed by atoms with E-state index in [-0.39, 0.29) is 12.4 Å². The molecule has 110 valence electrons. The van der Waals surface area contributed by atoms with Crippen molar-refractivity contribution in [1.82, 2.24) is 0 Å². The van der Waals surface area contributed by atoms with E-state index >= 15 is 0 Å². The molecule has 0 aromatic heterocycles. The van der Waals surface area contributed by atoms with E-state index in [1.807, 2.05) is 0 Å². The second kappa shape index (κ2) is 7.49. The number of aromatic hydroxyl groups is 1. The number of phenols is 1. The maximum Gasteiger partial charge on any atom is 0.347 e. The fraction of sp³-hybridized carbons (Fsp3) is 0.429. The molecule has 1 aromatic carbocycles. The third kappa shape index (κ3) is 5.27. The molecule has 0 saturated carbocycles. The van der Waals surface area contributed by atoms with Gasteiger partial charge in [0.1, 0.15) is 11.9 Å². The largest absolute Gasteiger partial charge is 0.508 e. The zero-order valence-corrected chi connectivity index (χ0v) is 11.4. The first-order chi connectivity index (χ1) is 9.40. The molecule has 2 unspecified atom stereocenters. The van der Waals surface area contributed by atoms with Crippen LogP contribution in [0.15, 0.2) is 24.3 Å². The van der Waals surface area contributed by atoms with Crippen LogP contribution in [0.25, 0.3) is 0 Å². The Morgan fingerprint density at radius 3 is 2.30 bits per heavy atom. The van der Waals surface area contributed by atoms with Gasteiger partial charge in [-0.05, 0) is 31.5 Å². The fourth-order valence-electron chi connectivity index (χ4n) is 1.37. The van der Waals surface area contributed by atoms with E-state index < -0.39 is 24.1 Å². The Bertz CT molecular complexity index is 451. The average molecular weight is 282 g/mol. The normalized spacial score (nSPS) is 13.3. The smallest absolute Gasteiger partial charge is 0.347 e. The summed E-state index contributed by atoms with van der Waals surface area (Å²) in [5.74, 6) is -1.37. The van der Waals surface area contributed by atoms with E-state index in [4.69, 9.17) is 19.7 Å². The van der Waals surface area contributed by atoms with Gasteiger partial charge >= 0.3 is 11.9 Å². The van der Waals surface area contributed by atoms with Crippen LogP contribution in [-0.2, 0) is 25.5 Å². The number of carbonyl (C=O) groups is 2.